The average Bonchev–Trinajstić information content (AvgIpc) is 2.27. The van der Waals surface area contributed by atoms with Crippen LogP contribution >= 0.6 is 0 Å². The molecule has 0 bridgehead atoms. The molecule has 0 aromatic rings. The maximum atomic E-state index is 11.1. The summed E-state index contributed by atoms with van der Waals surface area (Å²) in [5, 5.41) is 3.14. The van der Waals surface area contributed by atoms with Crippen LogP contribution in [0.3, 0.4) is 0 Å². The van der Waals surface area contributed by atoms with Gasteiger partial charge in [-0.1, -0.05) is 0 Å². The molecule has 0 aliphatic heterocycles. The molecular weight excluding hydrogens is 208 g/mol. The van der Waals surface area contributed by atoms with Gasteiger partial charge in [-0.3, -0.25) is 9.59 Å². The van der Waals surface area contributed by atoms with Crippen LogP contribution in [0.1, 0.15) is 32.6 Å². The highest BCUT2D eigenvalue weighted by atomic mass is 16.5. The summed E-state index contributed by atoms with van der Waals surface area (Å²) in [4.78, 5) is 22.0. The van der Waals surface area contributed by atoms with Gasteiger partial charge in [0.2, 0.25) is 5.91 Å². The molecule has 92 valence electrons. The third kappa shape index (κ3) is 4.18. The molecule has 0 aromatic heterocycles. The van der Waals surface area contributed by atoms with E-state index in [2.05, 4.69) is 5.32 Å². The lowest BCUT2D eigenvalue weighted by Crippen LogP contribution is -2.39. The van der Waals surface area contributed by atoms with Crippen molar-refractivity contribution in [1.82, 2.24) is 5.32 Å². The third-order valence-electron chi connectivity index (χ3n) is 2.97. The SMILES string of the molecule is CCOC(=O)CNC1CCC(C(N)=O)CC1. The Bertz CT molecular complexity index is 248. The molecule has 1 rings (SSSR count). The van der Waals surface area contributed by atoms with Crippen LogP contribution in [0.5, 0.6) is 0 Å². The topological polar surface area (TPSA) is 81.4 Å². The van der Waals surface area contributed by atoms with Gasteiger partial charge in [-0.25, -0.2) is 0 Å². The second kappa shape index (κ2) is 6.48. The fourth-order valence-electron chi connectivity index (χ4n) is 2.02. The van der Waals surface area contributed by atoms with Gasteiger partial charge >= 0.3 is 5.97 Å². The molecule has 1 fully saturated rings. The second-order valence-electron chi connectivity index (χ2n) is 4.14. The van der Waals surface area contributed by atoms with E-state index in [0.29, 0.717) is 12.6 Å². The molecule has 3 N–H and O–H groups in total. The lowest BCUT2D eigenvalue weighted by atomic mass is 9.85. The van der Waals surface area contributed by atoms with Crippen molar-refractivity contribution in [3.8, 4) is 0 Å². The van der Waals surface area contributed by atoms with Crippen LogP contribution in [-0.4, -0.2) is 31.1 Å². The van der Waals surface area contributed by atoms with Crippen molar-refractivity contribution in [3.05, 3.63) is 0 Å². The molecule has 1 aliphatic carbocycles. The largest absolute Gasteiger partial charge is 0.465 e. The highest BCUT2D eigenvalue weighted by Crippen LogP contribution is 2.23. The standard InChI is InChI=1S/C11H20N2O3/c1-2-16-10(14)7-13-9-5-3-8(4-6-9)11(12)15/h8-9,13H,2-7H2,1H3,(H2,12,15). The maximum absolute atomic E-state index is 11.1. The molecule has 1 amide bonds. The Morgan fingerprint density at radius 1 is 1.31 bits per heavy atom. The molecule has 0 spiro atoms. The molecule has 0 saturated heterocycles. The van der Waals surface area contributed by atoms with Gasteiger partial charge < -0.3 is 15.8 Å². The lowest BCUT2D eigenvalue weighted by molar-refractivity contribution is -0.142. The quantitative estimate of drug-likeness (QED) is 0.658. The van der Waals surface area contributed by atoms with Crippen molar-refractivity contribution in [1.29, 1.82) is 0 Å². The molecule has 5 nitrogen and oxygen atoms in total. The number of ether oxygens (including phenoxy) is 1. The van der Waals surface area contributed by atoms with Gasteiger partial charge in [-0.2, -0.15) is 0 Å². The molecule has 0 atom stereocenters. The van der Waals surface area contributed by atoms with Crippen LogP contribution in [-0.2, 0) is 14.3 Å². The Kier molecular flexibility index (Phi) is 5.25. The minimum absolute atomic E-state index is 0.0145. The van der Waals surface area contributed by atoms with Crippen LogP contribution in [0.4, 0.5) is 0 Å². The van der Waals surface area contributed by atoms with Gasteiger partial charge in [0, 0.05) is 12.0 Å². The zero-order chi connectivity index (χ0) is 12.0. The van der Waals surface area contributed by atoms with Crippen LogP contribution in [0.15, 0.2) is 0 Å². The number of rotatable bonds is 5. The third-order valence-corrected chi connectivity index (χ3v) is 2.97. The van der Waals surface area contributed by atoms with Gasteiger partial charge in [0.25, 0.3) is 0 Å². The first-order valence-electron chi connectivity index (χ1n) is 5.81. The summed E-state index contributed by atoms with van der Waals surface area (Å²) in [7, 11) is 0. The summed E-state index contributed by atoms with van der Waals surface area (Å²) in [6.45, 7) is 2.45. The van der Waals surface area contributed by atoms with Crippen molar-refractivity contribution >= 4 is 11.9 Å². The molecular formula is C11H20N2O3. The van der Waals surface area contributed by atoms with Gasteiger partial charge in [-0.05, 0) is 32.6 Å². The minimum Gasteiger partial charge on any atom is -0.465 e. The summed E-state index contributed by atoms with van der Waals surface area (Å²) in [5.74, 6) is -0.413. The number of nitrogens with one attached hydrogen (secondary N) is 1. The Hall–Kier alpha value is -1.10. The molecule has 16 heavy (non-hydrogen) atoms. The Labute approximate surface area is 95.7 Å². The zero-order valence-corrected chi connectivity index (χ0v) is 9.70. The van der Waals surface area contributed by atoms with Crippen LogP contribution in [0, 0.1) is 5.92 Å². The first-order valence-corrected chi connectivity index (χ1v) is 5.81. The van der Waals surface area contributed by atoms with Gasteiger partial charge in [0.05, 0.1) is 13.2 Å². The van der Waals surface area contributed by atoms with Gasteiger partial charge in [0.15, 0.2) is 0 Å². The number of nitrogens with two attached hydrogens (primary N) is 1. The Morgan fingerprint density at radius 3 is 2.44 bits per heavy atom. The Morgan fingerprint density at radius 2 is 1.94 bits per heavy atom. The second-order valence-corrected chi connectivity index (χ2v) is 4.14. The molecule has 0 aromatic carbocycles. The minimum atomic E-state index is -0.223. The smallest absolute Gasteiger partial charge is 0.319 e. The molecule has 0 radical (unpaired) electrons. The predicted octanol–water partition coefficient (Wildman–Crippen LogP) is 0.183. The first-order chi connectivity index (χ1) is 7.63. The van der Waals surface area contributed by atoms with E-state index < -0.39 is 0 Å². The predicted molar refractivity (Wildman–Crippen MR) is 59.6 cm³/mol. The summed E-state index contributed by atoms with van der Waals surface area (Å²) < 4.78 is 4.82. The van der Waals surface area contributed by atoms with E-state index >= 15 is 0 Å². The van der Waals surface area contributed by atoms with E-state index in [9.17, 15) is 9.59 Å². The van der Waals surface area contributed by atoms with Crippen LogP contribution < -0.4 is 11.1 Å². The normalized spacial score (nSPS) is 25.1. The number of carbonyl (C=O) groups excluding carboxylic acids is 2. The van der Waals surface area contributed by atoms with Crippen molar-refractivity contribution < 1.29 is 14.3 Å². The van der Waals surface area contributed by atoms with E-state index in [1.807, 2.05) is 0 Å². The average molecular weight is 228 g/mol. The van der Waals surface area contributed by atoms with Crippen molar-refractivity contribution in [2.24, 2.45) is 11.7 Å². The lowest BCUT2D eigenvalue weighted by Gasteiger charge is -2.27. The molecule has 0 unspecified atom stereocenters. The summed E-state index contributed by atoms with van der Waals surface area (Å²) in [5.41, 5.74) is 5.24. The molecule has 1 aliphatic rings. The van der Waals surface area contributed by atoms with Gasteiger partial charge in [-0.15, -0.1) is 0 Å². The number of amides is 1. The van der Waals surface area contributed by atoms with E-state index in [0.717, 1.165) is 25.7 Å². The van der Waals surface area contributed by atoms with Crippen molar-refractivity contribution in [3.63, 3.8) is 0 Å². The summed E-state index contributed by atoms with van der Waals surface area (Å²) in [6, 6.07) is 0.306. The highest BCUT2D eigenvalue weighted by Gasteiger charge is 2.24. The van der Waals surface area contributed by atoms with Crippen LogP contribution in [0.25, 0.3) is 0 Å². The highest BCUT2D eigenvalue weighted by molar-refractivity contribution is 5.76. The fraction of sp³-hybridized carbons (Fsp3) is 0.818. The number of primary amides is 1. The number of esters is 1. The maximum Gasteiger partial charge on any atom is 0.319 e. The molecule has 1 saturated carbocycles. The Balaban J connectivity index is 2.17. The van der Waals surface area contributed by atoms with Gasteiger partial charge in [0.1, 0.15) is 0 Å². The molecule has 5 heteroatoms. The number of hydrogen-bond acceptors (Lipinski definition) is 4. The van der Waals surface area contributed by atoms with Crippen molar-refractivity contribution in [2.75, 3.05) is 13.2 Å². The van der Waals surface area contributed by atoms with E-state index in [-0.39, 0.29) is 24.3 Å². The van der Waals surface area contributed by atoms with E-state index in [1.165, 1.54) is 0 Å². The van der Waals surface area contributed by atoms with Crippen molar-refractivity contribution in [2.45, 2.75) is 38.6 Å². The fourth-order valence-corrected chi connectivity index (χ4v) is 2.02. The van der Waals surface area contributed by atoms with E-state index in [1.54, 1.807) is 6.92 Å². The summed E-state index contributed by atoms with van der Waals surface area (Å²) >= 11 is 0. The zero-order valence-electron chi connectivity index (χ0n) is 9.70. The number of carbonyl (C=O) groups is 2. The number of hydrogen-bond donors (Lipinski definition) is 2. The van der Waals surface area contributed by atoms with Crippen LogP contribution in [0.2, 0.25) is 0 Å². The monoisotopic (exact) mass is 228 g/mol. The van der Waals surface area contributed by atoms with E-state index in [4.69, 9.17) is 10.5 Å². The molecule has 0 heterocycles. The summed E-state index contributed by atoms with van der Waals surface area (Å²) in [6.07, 6.45) is 3.42. The first kappa shape index (κ1) is 13.0.